The van der Waals surface area contributed by atoms with Gasteiger partial charge in [-0.05, 0) is 30.7 Å². The minimum absolute atomic E-state index is 0.205. The first kappa shape index (κ1) is 15.3. The maximum atomic E-state index is 13.8. The van der Waals surface area contributed by atoms with Crippen molar-refractivity contribution in [3.05, 3.63) is 41.8 Å². The number of pyridine rings is 1. The molecule has 2 heterocycles. The van der Waals surface area contributed by atoms with Gasteiger partial charge in [-0.15, -0.1) is 0 Å². The van der Waals surface area contributed by atoms with Crippen LogP contribution in [0.25, 0.3) is 10.9 Å². The molecule has 1 aromatic heterocycles. The summed E-state index contributed by atoms with van der Waals surface area (Å²) >= 11 is 0. The first-order valence-corrected chi connectivity index (χ1v) is 7.78. The third-order valence-electron chi connectivity index (χ3n) is 4.13. The molecule has 0 spiro atoms. The van der Waals surface area contributed by atoms with E-state index < -0.39 is 0 Å². The molecule has 1 saturated heterocycles. The lowest BCUT2D eigenvalue weighted by Crippen LogP contribution is -2.47. The summed E-state index contributed by atoms with van der Waals surface area (Å²) in [6.07, 6.45) is 1.47. The highest BCUT2D eigenvalue weighted by Crippen LogP contribution is 2.20. The number of aliphatic hydroxyl groups excluding tert-OH is 1. The van der Waals surface area contributed by atoms with E-state index in [0.29, 0.717) is 6.54 Å². The number of piperazine rings is 1. The van der Waals surface area contributed by atoms with Crippen molar-refractivity contribution in [1.29, 1.82) is 0 Å². The van der Waals surface area contributed by atoms with Crippen molar-refractivity contribution in [2.24, 2.45) is 0 Å². The van der Waals surface area contributed by atoms with Gasteiger partial charge in [-0.2, -0.15) is 0 Å². The van der Waals surface area contributed by atoms with Crippen LogP contribution in [-0.4, -0.2) is 58.7 Å². The van der Waals surface area contributed by atoms with Gasteiger partial charge in [0.05, 0.1) is 11.6 Å². The summed E-state index contributed by atoms with van der Waals surface area (Å²) in [5, 5.41) is 10.3. The molecule has 3 rings (SSSR count). The van der Waals surface area contributed by atoms with Gasteiger partial charge in [-0.25, -0.2) is 4.39 Å². The second kappa shape index (κ2) is 6.69. The molecule has 2 aromatic rings. The molecule has 4 nitrogen and oxygen atoms in total. The Morgan fingerprint density at radius 3 is 2.68 bits per heavy atom. The standard InChI is InChI=1S/C17H22FN3O/c1-13(22)11-20-5-7-21(8-6-20)12-15-10-16(18)9-14-3-2-4-19-17(14)15/h2-4,9-10,13,22H,5-8,11-12H2,1H3. The Morgan fingerprint density at radius 1 is 1.23 bits per heavy atom. The minimum atomic E-state index is -0.289. The van der Waals surface area contributed by atoms with E-state index in [2.05, 4.69) is 14.8 Å². The van der Waals surface area contributed by atoms with Crippen LogP contribution >= 0.6 is 0 Å². The topological polar surface area (TPSA) is 39.6 Å². The summed E-state index contributed by atoms with van der Waals surface area (Å²) in [5.41, 5.74) is 1.83. The molecule has 1 aromatic carbocycles. The molecule has 22 heavy (non-hydrogen) atoms. The number of halogens is 1. The van der Waals surface area contributed by atoms with E-state index in [1.165, 1.54) is 6.07 Å². The fourth-order valence-electron chi connectivity index (χ4n) is 3.09. The van der Waals surface area contributed by atoms with Crippen LogP contribution in [0.15, 0.2) is 30.5 Å². The lowest BCUT2D eigenvalue weighted by molar-refractivity contribution is 0.0782. The molecule has 1 N–H and O–H groups in total. The van der Waals surface area contributed by atoms with Crippen LogP contribution in [0.2, 0.25) is 0 Å². The van der Waals surface area contributed by atoms with Crippen LogP contribution in [-0.2, 0) is 6.54 Å². The Balaban J connectivity index is 1.70. The van der Waals surface area contributed by atoms with E-state index in [1.54, 1.807) is 12.3 Å². The monoisotopic (exact) mass is 303 g/mol. The zero-order valence-electron chi connectivity index (χ0n) is 12.9. The molecule has 1 fully saturated rings. The van der Waals surface area contributed by atoms with Gasteiger partial charge in [0.25, 0.3) is 0 Å². The largest absolute Gasteiger partial charge is 0.392 e. The molecule has 1 aliphatic rings. The number of aliphatic hydroxyl groups is 1. The molecule has 0 aliphatic carbocycles. The number of rotatable bonds is 4. The smallest absolute Gasteiger partial charge is 0.124 e. The molecule has 0 saturated carbocycles. The molecule has 0 amide bonds. The Hall–Kier alpha value is -1.56. The normalized spacial score (nSPS) is 18.7. The number of benzene rings is 1. The van der Waals surface area contributed by atoms with E-state index in [9.17, 15) is 9.50 Å². The highest BCUT2D eigenvalue weighted by molar-refractivity contribution is 5.81. The van der Waals surface area contributed by atoms with Crippen molar-refractivity contribution in [3.63, 3.8) is 0 Å². The van der Waals surface area contributed by atoms with E-state index in [-0.39, 0.29) is 11.9 Å². The average Bonchev–Trinajstić information content (AvgIpc) is 2.48. The van der Waals surface area contributed by atoms with Crippen LogP contribution in [0.3, 0.4) is 0 Å². The molecule has 5 heteroatoms. The zero-order chi connectivity index (χ0) is 15.5. The highest BCUT2D eigenvalue weighted by Gasteiger charge is 2.19. The number of β-amino-alcohol motifs (C(OH)–C–C–N with tert-alkyl or cyclic N) is 1. The van der Waals surface area contributed by atoms with Crippen LogP contribution in [0.1, 0.15) is 12.5 Å². The molecule has 0 bridgehead atoms. The van der Waals surface area contributed by atoms with Gasteiger partial charge in [0.1, 0.15) is 5.82 Å². The number of fused-ring (bicyclic) bond motifs is 1. The Morgan fingerprint density at radius 2 is 1.95 bits per heavy atom. The van der Waals surface area contributed by atoms with Gasteiger partial charge in [-0.3, -0.25) is 14.8 Å². The zero-order valence-corrected chi connectivity index (χ0v) is 12.9. The predicted molar refractivity (Wildman–Crippen MR) is 85.1 cm³/mol. The van der Waals surface area contributed by atoms with E-state index >= 15 is 0 Å². The second-order valence-corrected chi connectivity index (χ2v) is 6.07. The van der Waals surface area contributed by atoms with Crippen LogP contribution in [0.5, 0.6) is 0 Å². The lowest BCUT2D eigenvalue weighted by Gasteiger charge is -2.35. The molecule has 1 unspecified atom stereocenters. The van der Waals surface area contributed by atoms with Crippen molar-refractivity contribution in [2.75, 3.05) is 32.7 Å². The molecule has 1 atom stereocenters. The Kier molecular flexibility index (Phi) is 4.66. The van der Waals surface area contributed by atoms with Gasteiger partial charge in [0.15, 0.2) is 0 Å². The van der Waals surface area contributed by atoms with E-state index in [0.717, 1.165) is 49.2 Å². The van der Waals surface area contributed by atoms with Gasteiger partial charge in [0.2, 0.25) is 0 Å². The van der Waals surface area contributed by atoms with Gasteiger partial charge < -0.3 is 5.11 Å². The van der Waals surface area contributed by atoms with E-state index in [4.69, 9.17) is 0 Å². The van der Waals surface area contributed by atoms with Crippen molar-refractivity contribution in [1.82, 2.24) is 14.8 Å². The summed E-state index contributed by atoms with van der Waals surface area (Å²) in [5.74, 6) is -0.205. The molecular formula is C17H22FN3O. The van der Waals surface area contributed by atoms with Crippen molar-refractivity contribution in [2.45, 2.75) is 19.6 Å². The summed E-state index contributed by atoms with van der Waals surface area (Å²) in [6, 6.07) is 6.86. The number of hydrogen-bond acceptors (Lipinski definition) is 4. The average molecular weight is 303 g/mol. The third kappa shape index (κ3) is 3.61. The Labute approximate surface area is 130 Å². The van der Waals surface area contributed by atoms with Crippen molar-refractivity contribution in [3.8, 4) is 0 Å². The molecule has 1 aliphatic heterocycles. The summed E-state index contributed by atoms with van der Waals surface area (Å²) in [4.78, 5) is 8.99. The summed E-state index contributed by atoms with van der Waals surface area (Å²) in [6.45, 7) is 6.98. The van der Waals surface area contributed by atoms with Gasteiger partial charge >= 0.3 is 0 Å². The van der Waals surface area contributed by atoms with Crippen LogP contribution in [0.4, 0.5) is 4.39 Å². The van der Waals surface area contributed by atoms with Gasteiger partial charge in [-0.1, -0.05) is 6.07 Å². The fraction of sp³-hybridized carbons (Fsp3) is 0.471. The minimum Gasteiger partial charge on any atom is -0.392 e. The van der Waals surface area contributed by atoms with Crippen molar-refractivity contribution < 1.29 is 9.50 Å². The molecule has 118 valence electrons. The first-order valence-electron chi connectivity index (χ1n) is 7.78. The predicted octanol–water partition coefficient (Wildman–Crippen LogP) is 1.87. The fourth-order valence-corrected chi connectivity index (χ4v) is 3.09. The molecule has 0 radical (unpaired) electrons. The summed E-state index contributed by atoms with van der Waals surface area (Å²) < 4.78 is 13.8. The van der Waals surface area contributed by atoms with Crippen molar-refractivity contribution >= 4 is 10.9 Å². The number of hydrogen-bond donors (Lipinski definition) is 1. The maximum Gasteiger partial charge on any atom is 0.124 e. The summed E-state index contributed by atoms with van der Waals surface area (Å²) in [7, 11) is 0. The van der Waals surface area contributed by atoms with Crippen LogP contribution in [0, 0.1) is 5.82 Å². The second-order valence-electron chi connectivity index (χ2n) is 6.07. The SMILES string of the molecule is CC(O)CN1CCN(Cc2cc(F)cc3cccnc23)CC1. The van der Waals surface area contributed by atoms with Gasteiger partial charge in [0, 0.05) is 50.9 Å². The van der Waals surface area contributed by atoms with Crippen LogP contribution < -0.4 is 0 Å². The highest BCUT2D eigenvalue weighted by atomic mass is 19.1. The molecular weight excluding hydrogens is 281 g/mol. The lowest BCUT2D eigenvalue weighted by atomic mass is 10.1. The quantitative estimate of drug-likeness (QED) is 0.936. The Bertz CT molecular complexity index is 639. The van der Waals surface area contributed by atoms with E-state index in [1.807, 2.05) is 19.1 Å². The first-order chi connectivity index (χ1) is 10.6. The number of aromatic nitrogens is 1. The third-order valence-corrected chi connectivity index (χ3v) is 4.13. The maximum absolute atomic E-state index is 13.8. The number of nitrogens with zero attached hydrogens (tertiary/aromatic N) is 3.